The number of halogens is 2. The summed E-state index contributed by atoms with van der Waals surface area (Å²) in [5.41, 5.74) is 0. The molecule has 1 N–H and O–H groups in total. The van der Waals surface area contributed by atoms with Crippen LogP contribution in [0.2, 0.25) is 0 Å². The highest BCUT2D eigenvalue weighted by molar-refractivity contribution is 7.16. The normalized spacial score (nSPS) is 11.3. The number of rotatable bonds is 6. The number of fused-ring (bicyclic) bond motifs is 1. The molecule has 0 spiro atoms. The summed E-state index contributed by atoms with van der Waals surface area (Å²) in [5.74, 6) is 1.36. The van der Waals surface area contributed by atoms with Gasteiger partial charge in [0.25, 0.3) is 6.43 Å². The number of alkyl halides is 2. The molecule has 4 nitrogen and oxygen atoms in total. The van der Waals surface area contributed by atoms with Gasteiger partial charge in [0.15, 0.2) is 0 Å². The molecule has 0 atom stereocenters. The fraction of sp³-hybridized carbons (Fsp3) is 0.455. The third-order valence-electron chi connectivity index (χ3n) is 2.32. The van der Waals surface area contributed by atoms with Crippen LogP contribution in [-0.4, -0.2) is 36.7 Å². The number of aromatic nitrogens is 2. The zero-order chi connectivity index (χ0) is 13.0. The first kappa shape index (κ1) is 13.1. The summed E-state index contributed by atoms with van der Waals surface area (Å²) in [5, 5.41) is 5.91. The Bertz CT molecular complexity index is 518. The Balaban J connectivity index is 2.04. The van der Waals surface area contributed by atoms with Gasteiger partial charge in [-0.1, -0.05) is 0 Å². The molecule has 7 heteroatoms. The minimum absolute atomic E-state index is 0.199. The second-order valence-corrected chi connectivity index (χ2v) is 4.49. The lowest BCUT2D eigenvalue weighted by molar-refractivity contribution is 0.0183. The number of anilines is 1. The van der Waals surface area contributed by atoms with Crippen LogP contribution >= 0.6 is 11.3 Å². The lowest BCUT2D eigenvalue weighted by Gasteiger charge is -2.06. The topological polar surface area (TPSA) is 47.0 Å². The smallest absolute Gasteiger partial charge is 0.261 e. The summed E-state index contributed by atoms with van der Waals surface area (Å²) in [6.45, 7) is -0.343. The van der Waals surface area contributed by atoms with E-state index in [1.54, 1.807) is 7.05 Å². The van der Waals surface area contributed by atoms with Crippen LogP contribution in [0.1, 0.15) is 5.82 Å². The highest BCUT2D eigenvalue weighted by Crippen LogP contribution is 2.24. The summed E-state index contributed by atoms with van der Waals surface area (Å²) >= 11 is 1.52. The fourth-order valence-electron chi connectivity index (χ4n) is 1.54. The number of ether oxygens (including phenoxy) is 1. The van der Waals surface area contributed by atoms with Crippen LogP contribution in [-0.2, 0) is 11.2 Å². The summed E-state index contributed by atoms with van der Waals surface area (Å²) in [4.78, 5) is 9.57. The molecule has 0 saturated carbocycles. The third-order valence-corrected chi connectivity index (χ3v) is 3.13. The van der Waals surface area contributed by atoms with Crippen molar-refractivity contribution in [3.63, 3.8) is 0 Å². The molecule has 2 aromatic rings. The van der Waals surface area contributed by atoms with Gasteiger partial charge in [0, 0.05) is 13.5 Å². The fourth-order valence-corrected chi connectivity index (χ4v) is 2.32. The monoisotopic (exact) mass is 273 g/mol. The van der Waals surface area contributed by atoms with E-state index < -0.39 is 13.0 Å². The zero-order valence-corrected chi connectivity index (χ0v) is 10.6. The van der Waals surface area contributed by atoms with Gasteiger partial charge < -0.3 is 10.1 Å². The van der Waals surface area contributed by atoms with Gasteiger partial charge in [0.05, 0.1) is 12.0 Å². The molecule has 0 aliphatic rings. The Labute approximate surface area is 107 Å². The first-order valence-corrected chi connectivity index (χ1v) is 6.36. The molecule has 0 bridgehead atoms. The maximum absolute atomic E-state index is 11.9. The number of thiophene rings is 1. The summed E-state index contributed by atoms with van der Waals surface area (Å²) in [6.07, 6.45) is -2.01. The SMILES string of the molecule is CNc1nc(CCOCC(F)F)nc2sccc12. The van der Waals surface area contributed by atoms with Crippen molar-refractivity contribution in [3.05, 3.63) is 17.3 Å². The van der Waals surface area contributed by atoms with Gasteiger partial charge in [-0.25, -0.2) is 18.7 Å². The molecule has 0 fully saturated rings. The van der Waals surface area contributed by atoms with Crippen molar-refractivity contribution in [1.29, 1.82) is 0 Å². The molecule has 18 heavy (non-hydrogen) atoms. The largest absolute Gasteiger partial charge is 0.375 e. The standard InChI is InChI=1S/C11H13F2N3OS/c1-14-10-7-3-5-18-11(7)16-9(15-10)2-4-17-6-8(12)13/h3,5,8H,2,4,6H2,1H3,(H,14,15,16). The molecule has 0 unspecified atom stereocenters. The zero-order valence-electron chi connectivity index (χ0n) is 9.82. The molecule has 0 radical (unpaired) electrons. The quantitative estimate of drug-likeness (QED) is 0.822. The number of nitrogens with one attached hydrogen (secondary N) is 1. The van der Waals surface area contributed by atoms with E-state index in [0.29, 0.717) is 12.2 Å². The van der Waals surface area contributed by atoms with Crippen molar-refractivity contribution in [2.24, 2.45) is 0 Å². The van der Waals surface area contributed by atoms with E-state index in [4.69, 9.17) is 4.74 Å². The van der Waals surface area contributed by atoms with Crippen molar-refractivity contribution in [1.82, 2.24) is 9.97 Å². The first-order valence-electron chi connectivity index (χ1n) is 5.48. The Morgan fingerprint density at radius 2 is 2.28 bits per heavy atom. The Morgan fingerprint density at radius 3 is 3.00 bits per heavy atom. The number of nitrogens with zero attached hydrogens (tertiary/aromatic N) is 2. The van der Waals surface area contributed by atoms with E-state index in [1.807, 2.05) is 11.4 Å². The predicted octanol–water partition coefficient (Wildman–Crippen LogP) is 2.56. The van der Waals surface area contributed by atoms with E-state index in [0.717, 1.165) is 16.0 Å². The van der Waals surface area contributed by atoms with Crippen LogP contribution in [0.5, 0.6) is 0 Å². The average molecular weight is 273 g/mol. The molecule has 2 aromatic heterocycles. The van der Waals surface area contributed by atoms with Gasteiger partial charge in [0.2, 0.25) is 0 Å². The van der Waals surface area contributed by atoms with Gasteiger partial charge in [-0.2, -0.15) is 0 Å². The maximum atomic E-state index is 11.9. The number of hydrogen-bond acceptors (Lipinski definition) is 5. The lowest BCUT2D eigenvalue weighted by atomic mass is 10.3. The Morgan fingerprint density at radius 1 is 1.44 bits per heavy atom. The van der Waals surface area contributed by atoms with Crippen LogP contribution < -0.4 is 5.32 Å². The molecule has 0 aliphatic heterocycles. The van der Waals surface area contributed by atoms with E-state index in [9.17, 15) is 8.78 Å². The molecule has 0 saturated heterocycles. The first-order chi connectivity index (χ1) is 8.70. The second kappa shape index (κ2) is 6.01. The van der Waals surface area contributed by atoms with Crippen molar-refractivity contribution in [2.45, 2.75) is 12.8 Å². The van der Waals surface area contributed by atoms with Crippen LogP contribution in [0.4, 0.5) is 14.6 Å². The predicted molar refractivity (Wildman–Crippen MR) is 67.5 cm³/mol. The van der Waals surface area contributed by atoms with Crippen LogP contribution in [0.15, 0.2) is 11.4 Å². The van der Waals surface area contributed by atoms with Crippen molar-refractivity contribution < 1.29 is 13.5 Å². The molecular weight excluding hydrogens is 260 g/mol. The minimum atomic E-state index is -2.43. The molecular formula is C11H13F2N3OS. The lowest BCUT2D eigenvalue weighted by Crippen LogP contribution is -2.09. The van der Waals surface area contributed by atoms with Gasteiger partial charge in [-0.15, -0.1) is 11.3 Å². The molecule has 2 heterocycles. The summed E-state index contributed by atoms with van der Waals surface area (Å²) in [6, 6.07) is 1.95. The van der Waals surface area contributed by atoms with Crippen LogP contribution in [0.3, 0.4) is 0 Å². The highest BCUT2D eigenvalue weighted by Gasteiger charge is 2.08. The molecule has 2 rings (SSSR count). The van der Waals surface area contributed by atoms with Gasteiger partial charge in [-0.05, 0) is 11.4 Å². The third kappa shape index (κ3) is 3.11. The highest BCUT2D eigenvalue weighted by atomic mass is 32.1. The summed E-state index contributed by atoms with van der Waals surface area (Å²) < 4.78 is 28.6. The van der Waals surface area contributed by atoms with Gasteiger partial charge in [-0.3, -0.25) is 0 Å². The summed E-state index contributed by atoms with van der Waals surface area (Å²) in [7, 11) is 1.79. The van der Waals surface area contributed by atoms with Gasteiger partial charge >= 0.3 is 0 Å². The van der Waals surface area contributed by atoms with E-state index in [2.05, 4.69) is 15.3 Å². The van der Waals surface area contributed by atoms with E-state index >= 15 is 0 Å². The molecule has 0 aliphatic carbocycles. The molecule has 98 valence electrons. The van der Waals surface area contributed by atoms with E-state index in [-0.39, 0.29) is 6.61 Å². The van der Waals surface area contributed by atoms with Crippen molar-refractivity contribution in [2.75, 3.05) is 25.6 Å². The molecule has 0 aromatic carbocycles. The number of hydrogen-bond donors (Lipinski definition) is 1. The van der Waals surface area contributed by atoms with Gasteiger partial charge in [0.1, 0.15) is 23.1 Å². The Kier molecular flexibility index (Phi) is 4.38. The minimum Gasteiger partial charge on any atom is -0.375 e. The second-order valence-electron chi connectivity index (χ2n) is 3.59. The van der Waals surface area contributed by atoms with Crippen molar-refractivity contribution >= 4 is 27.4 Å². The van der Waals surface area contributed by atoms with Crippen LogP contribution in [0.25, 0.3) is 10.2 Å². The van der Waals surface area contributed by atoms with Crippen molar-refractivity contribution in [3.8, 4) is 0 Å². The van der Waals surface area contributed by atoms with E-state index in [1.165, 1.54) is 11.3 Å². The van der Waals surface area contributed by atoms with Crippen LogP contribution in [0, 0.1) is 0 Å². The Hall–Kier alpha value is -1.34. The maximum Gasteiger partial charge on any atom is 0.261 e. The molecule has 0 amide bonds. The average Bonchev–Trinajstić information content (AvgIpc) is 2.81.